The van der Waals surface area contributed by atoms with Gasteiger partial charge in [-0.25, -0.2) is 0 Å². The van der Waals surface area contributed by atoms with Crippen molar-refractivity contribution in [2.24, 2.45) is 11.1 Å². The van der Waals surface area contributed by atoms with Gasteiger partial charge < -0.3 is 14.0 Å². The summed E-state index contributed by atoms with van der Waals surface area (Å²) in [5, 5.41) is 3.97. The van der Waals surface area contributed by atoms with Crippen LogP contribution in [0.25, 0.3) is 0 Å². The molecule has 0 bridgehead atoms. The van der Waals surface area contributed by atoms with Gasteiger partial charge in [0.25, 0.3) is 0 Å². The predicted molar refractivity (Wildman–Crippen MR) is 44.3 cm³/mol. The van der Waals surface area contributed by atoms with Crippen LogP contribution in [0, 0.1) is 5.92 Å². The molecule has 0 spiro atoms. The second-order valence-corrected chi connectivity index (χ2v) is 3.24. The molecule has 4 nitrogen and oxygen atoms in total. The summed E-state index contributed by atoms with van der Waals surface area (Å²) in [6.07, 6.45) is 1.52. The lowest BCUT2D eigenvalue weighted by molar-refractivity contribution is 0.0708. The third kappa shape index (κ3) is 0.986. The van der Waals surface area contributed by atoms with Gasteiger partial charge in [-0.3, -0.25) is 0 Å². The monoisotopic (exact) mass is 179 g/mol. The molecule has 0 amide bonds. The Morgan fingerprint density at radius 1 is 1.38 bits per heavy atom. The summed E-state index contributed by atoms with van der Waals surface area (Å²) in [5.74, 6) is 1.14. The average Bonchev–Trinajstić information content (AvgIpc) is 2.79. The van der Waals surface area contributed by atoms with E-state index in [4.69, 9.17) is 14.0 Å². The fourth-order valence-corrected chi connectivity index (χ4v) is 1.72. The van der Waals surface area contributed by atoms with Crippen molar-refractivity contribution in [2.75, 3.05) is 13.2 Å². The summed E-state index contributed by atoms with van der Waals surface area (Å²) in [6.45, 7) is 1.33. The molecule has 4 heteroatoms. The van der Waals surface area contributed by atoms with Gasteiger partial charge in [0.1, 0.15) is 18.1 Å². The molecule has 68 valence electrons. The van der Waals surface area contributed by atoms with E-state index in [1.165, 1.54) is 0 Å². The van der Waals surface area contributed by atoms with Crippen LogP contribution >= 0.6 is 0 Å². The van der Waals surface area contributed by atoms with Crippen molar-refractivity contribution >= 4 is 5.71 Å². The van der Waals surface area contributed by atoms with Gasteiger partial charge in [0.2, 0.25) is 0 Å². The molecule has 2 aliphatic rings. The van der Waals surface area contributed by atoms with Crippen molar-refractivity contribution in [1.29, 1.82) is 0 Å². The fourth-order valence-electron chi connectivity index (χ4n) is 1.72. The third-order valence-electron chi connectivity index (χ3n) is 2.40. The quantitative estimate of drug-likeness (QED) is 0.653. The van der Waals surface area contributed by atoms with Crippen molar-refractivity contribution in [1.82, 2.24) is 0 Å². The maximum absolute atomic E-state index is 5.56. The zero-order chi connectivity index (χ0) is 8.67. The Morgan fingerprint density at radius 2 is 2.38 bits per heavy atom. The van der Waals surface area contributed by atoms with Crippen LogP contribution in [0.1, 0.15) is 11.9 Å². The number of nitrogens with zero attached hydrogens (tertiary/aromatic N) is 1. The number of furan rings is 1. The molecule has 13 heavy (non-hydrogen) atoms. The van der Waals surface area contributed by atoms with Gasteiger partial charge in [-0.05, 0) is 12.1 Å². The maximum Gasteiger partial charge on any atom is 0.157 e. The Balaban J connectivity index is 1.94. The SMILES string of the molecule is c1coc([C@H]2OC[C@H]3CON=C32)c1. The van der Waals surface area contributed by atoms with Crippen LogP contribution in [0.15, 0.2) is 28.0 Å². The van der Waals surface area contributed by atoms with Crippen molar-refractivity contribution in [3.63, 3.8) is 0 Å². The summed E-state index contributed by atoms with van der Waals surface area (Å²) < 4.78 is 10.8. The van der Waals surface area contributed by atoms with Crippen LogP contribution in [-0.4, -0.2) is 18.9 Å². The van der Waals surface area contributed by atoms with Gasteiger partial charge in [0.05, 0.1) is 18.8 Å². The van der Waals surface area contributed by atoms with Crippen LogP contribution in [-0.2, 0) is 9.57 Å². The third-order valence-corrected chi connectivity index (χ3v) is 2.40. The van der Waals surface area contributed by atoms with E-state index in [9.17, 15) is 0 Å². The zero-order valence-corrected chi connectivity index (χ0v) is 6.97. The van der Waals surface area contributed by atoms with E-state index in [0.717, 1.165) is 11.5 Å². The molecule has 2 atom stereocenters. The molecule has 1 fully saturated rings. The number of hydrogen-bond acceptors (Lipinski definition) is 4. The molecule has 2 aliphatic heterocycles. The van der Waals surface area contributed by atoms with E-state index in [1.807, 2.05) is 12.1 Å². The topological polar surface area (TPSA) is 44.0 Å². The van der Waals surface area contributed by atoms with E-state index in [2.05, 4.69) is 5.16 Å². The van der Waals surface area contributed by atoms with E-state index in [0.29, 0.717) is 19.1 Å². The second-order valence-electron chi connectivity index (χ2n) is 3.24. The zero-order valence-electron chi connectivity index (χ0n) is 6.97. The van der Waals surface area contributed by atoms with Crippen LogP contribution in [0.5, 0.6) is 0 Å². The highest BCUT2D eigenvalue weighted by molar-refractivity contribution is 5.93. The Bertz CT molecular complexity index is 331. The largest absolute Gasteiger partial charge is 0.466 e. The Labute approximate surface area is 75.1 Å². The lowest BCUT2D eigenvalue weighted by atomic mass is 10.0. The maximum atomic E-state index is 5.56. The van der Waals surface area contributed by atoms with E-state index >= 15 is 0 Å². The van der Waals surface area contributed by atoms with Crippen LogP contribution in [0.3, 0.4) is 0 Å². The first-order chi connectivity index (χ1) is 6.45. The van der Waals surface area contributed by atoms with E-state index < -0.39 is 0 Å². The lowest BCUT2D eigenvalue weighted by Gasteiger charge is -2.04. The molecule has 1 saturated heterocycles. The molecule has 0 saturated carbocycles. The van der Waals surface area contributed by atoms with Crippen LogP contribution in [0.2, 0.25) is 0 Å². The highest BCUT2D eigenvalue weighted by atomic mass is 16.6. The van der Waals surface area contributed by atoms with Gasteiger partial charge >= 0.3 is 0 Å². The lowest BCUT2D eigenvalue weighted by Crippen LogP contribution is -2.11. The molecule has 1 aromatic heterocycles. The first kappa shape index (κ1) is 7.15. The van der Waals surface area contributed by atoms with Crippen molar-refractivity contribution < 1.29 is 14.0 Å². The summed E-state index contributed by atoms with van der Waals surface area (Å²) in [6, 6.07) is 3.75. The van der Waals surface area contributed by atoms with Crippen molar-refractivity contribution in [3.05, 3.63) is 24.2 Å². The molecule has 0 aromatic carbocycles. The number of rotatable bonds is 1. The molecule has 1 aromatic rings. The molecular weight excluding hydrogens is 170 g/mol. The van der Waals surface area contributed by atoms with Crippen LogP contribution < -0.4 is 0 Å². The van der Waals surface area contributed by atoms with Crippen LogP contribution in [0.4, 0.5) is 0 Å². The number of ether oxygens (including phenoxy) is 1. The first-order valence-electron chi connectivity index (χ1n) is 4.30. The standard InChI is InChI=1S/C9H9NO3/c1-2-7(11-3-1)9-8-6(4-12-9)5-13-10-8/h1-3,6,9H,4-5H2/t6-,9+/m0/s1. The van der Waals surface area contributed by atoms with Gasteiger partial charge in [-0.15, -0.1) is 0 Å². The number of oxime groups is 1. The van der Waals surface area contributed by atoms with Crippen molar-refractivity contribution in [2.45, 2.75) is 6.10 Å². The Hall–Kier alpha value is -1.29. The smallest absolute Gasteiger partial charge is 0.157 e. The molecule has 0 radical (unpaired) electrons. The second kappa shape index (κ2) is 2.60. The minimum absolute atomic E-state index is 0.123. The molecule has 0 aliphatic carbocycles. The predicted octanol–water partition coefficient (Wildman–Crippen LogP) is 1.35. The minimum atomic E-state index is -0.123. The van der Waals surface area contributed by atoms with Gasteiger partial charge in [0.15, 0.2) is 6.10 Å². The summed E-state index contributed by atoms with van der Waals surface area (Å²) in [5.41, 5.74) is 0.968. The Morgan fingerprint density at radius 3 is 3.23 bits per heavy atom. The van der Waals surface area contributed by atoms with Gasteiger partial charge in [-0.2, -0.15) is 0 Å². The molecule has 0 N–H and O–H groups in total. The normalized spacial score (nSPS) is 31.2. The minimum Gasteiger partial charge on any atom is -0.466 e. The average molecular weight is 179 g/mol. The molecule has 3 rings (SSSR count). The molecule has 0 unspecified atom stereocenters. The summed E-state index contributed by atoms with van der Waals surface area (Å²) in [4.78, 5) is 5.01. The summed E-state index contributed by atoms with van der Waals surface area (Å²) >= 11 is 0. The highest BCUT2D eigenvalue weighted by Crippen LogP contribution is 2.33. The van der Waals surface area contributed by atoms with Gasteiger partial charge in [-0.1, -0.05) is 5.16 Å². The summed E-state index contributed by atoms with van der Waals surface area (Å²) in [7, 11) is 0. The Kier molecular flexibility index (Phi) is 1.43. The van der Waals surface area contributed by atoms with Gasteiger partial charge in [0, 0.05) is 0 Å². The van der Waals surface area contributed by atoms with E-state index in [1.54, 1.807) is 6.26 Å². The molecular formula is C9H9NO3. The van der Waals surface area contributed by atoms with E-state index in [-0.39, 0.29) is 6.10 Å². The highest BCUT2D eigenvalue weighted by Gasteiger charge is 2.39. The number of fused-ring (bicyclic) bond motifs is 1. The molecule has 3 heterocycles. The van der Waals surface area contributed by atoms with Crippen molar-refractivity contribution in [3.8, 4) is 0 Å². The fraction of sp³-hybridized carbons (Fsp3) is 0.444. The number of hydrogen-bond donors (Lipinski definition) is 0. The first-order valence-corrected chi connectivity index (χ1v) is 4.30.